The molecule has 2 bridgehead atoms. The first kappa shape index (κ1) is 26.4. The number of halogens is 3. The fourth-order valence-corrected chi connectivity index (χ4v) is 6.66. The Morgan fingerprint density at radius 2 is 2.00 bits per heavy atom. The summed E-state index contributed by atoms with van der Waals surface area (Å²) in [5, 5.41) is 19.2. The SMILES string of the molecule is C#Cc1cnc2c(C#N)cc(N[C@H](C3=CN(C4(C(F)F)CC4)NN3)c3ccc(F)nc3C)cc2c1NCC12CC(C1)C2. The van der Waals surface area contributed by atoms with Crippen molar-refractivity contribution < 1.29 is 13.2 Å². The van der Waals surface area contributed by atoms with E-state index in [1.807, 2.05) is 6.07 Å². The van der Waals surface area contributed by atoms with E-state index in [1.165, 1.54) is 30.3 Å². The van der Waals surface area contributed by atoms with E-state index in [2.05, 4.69) is 43.6 Å². The Balaban J connectivity index is 1.29. The summed E-state index contributed by atoms with van der Waals surface area (Å²) in [5.74, 6) is 2.94. The maximum absolute atomic E-state index is 14.0. The van der Waals surface area contributed by atoms with Gasteiger partial charge in [0.1, 0.15) is 11.6 Å². The van der Waals surface area contributed by atoms with Crippen LogP contribution >= 0.6 is 0 Å². The van der Waals surface area contributed by atoms with Gasteiger partial charge in [-0.25, -0.2) is 13.8 Å². The quantitative estimate of drug-likeness (QED) is 0.204. The molecule has 5 aliphatic rings. The summed E-state index contributed by atoms with van der Waals surface area (Å²) < 4.78 is 41.7. The molecule has 0 spiro atoms. The van der Waals surface area contributed by atoms with Crippen LogP contribution in [-0.2, 0) is 0 Å². The normalized spacial score (nSPS) is 23.6. The number of alkyl halides is 2. The van der Waals surface area contributed by atoms with Crippen molar-refractivity contribution in [2.45, 2.75) is 57.0 Å². The Morgan fingerprint density at radius 3 is 2.62 bits per heavy atom. The Bertz CT molecular complexity index is 1700. The van der Waals surface area contributed by atoms with E-state index in [0.29, 0.717) is 62.9 Å². The molecule has 8 nitrogen and oxygen atoms in total. The molecule has 3 heterocycles. The van der Waals surface area contributed by atoms with E-state index in [9.17, 15) is 18.4 Å². The molecule has 42 heavy (non-hydrogen) atoms. The molecule has 4 N–H and O–H groups in total. The Morgan fingerprint density at radius 1 is 1.21 bits per heavy atom. The van der Waals surface area contributed by atoms with Gasteiger partial charge in [-0.3, -0.25) is 9.99 Å². The van der Waals surface area contributed by atoms with E-state index in [-0.39, 0.29) is 0 Å². The second-order valence-electron chi connectivity index (χ2n) is 12.0. The number of hydrogen-bond acceptors (Lipinski definition) is 8. The molecular weight excluding hydrogens is 541 g/mol. The van der Waals surface area contributed by atoms with E-state index >= 15 is 0 Å². The number of anilines is 2. The van der Waals surface area contributed by atoms with Gasteiger partial charge in [0.2, 0.25) is 5.95 Å². The Kier molecular flexibility index (Phi) is 6.00. The number of aromatic nitrogens is 2. The van der Waals surface area contributed by atoms with E-state index < -0.39 is 24.0 Å². The molecule has 3 aromatic rings. The van der Waals surface area contributed by atoms with Crippen LogP contribution in [0.5, 0.6) is 0 Å². The molecule has 0 amide bonds. The van der Waals surface area contributed by atoms with Crippen LogP contribution < -0.4 is 21.6 Å². The molecule has 214 valence electrons. The van der Waals surface area contributed by atoms with Crippen LogP contribution in [0.15, 0.2) is 42.4 Å². The highest BCUT2D eigenvalue weighted by atomic mass is 19.3. The lowest BCUT2D eigenvalue weighted by atomic mass is 9.44. The first-order chi connectivity index (χ1) is 20.2. The highest BCUT2D eigenvalue weighted by Crippen LogP contribution is 2.64. The lowest BCUT2D eigenvalue weighted by Gasteiger charge is -2.62. The highest BCUT2D eigenvalue weighted by Gasteiger charge is 2.57. The second-order valence-corrected chi connectivity index (χ2v) is 12.0. The van der Waals surface area contributed by atoms with Crippen molar-refractivity contribution in [1.82, 2.24) is 25.9 Å². The summed E-state index contributed by atoms with van der Waals surface area (Å²) in [5.41, 5.74) is 9.34. The maximum Gasteiger partial charge on any atom is 0.262 e. The zero-order chi connectivity index (χ0) is 29.2. The highest BCUT2D eigenvalue weighted by molar-refractivity contribution is 5.99. The molecule has 8 rings (SSSR count). The zero-order valence-electron chi connectivity index (χ0n) is 22.9. The van der Waals surface area contributed by atoms with Gasteiger partial charge in [0.25, 0.3) is 6.43 Å². The summed E-state index contributed by atoms with van der Waals surface area (Å²) in [6.45, 7) is 2.48. The van der Waals surface area contributed by atoms with E-state index in [0.717, 1.165) is 18.2 Å². The minimum atomic E-state index is -2.53. The number of terminal acetylenes is 1. The molecule has 0 saturated heterocycles. The lowest BCUT2D eigenvalue weighted by Crippen LogP contribution is -2.55. The van der Waals surface area contributed by atoms with Gasteiger partial charge in [-0.15, -0.1) is 12.0 Å². The number of pyridine rings is 2. The van der Waals surface area contributed by atoms with Crippen molar-refractivity contribution in [2.75, 3.05) is 17.2 Å². The third-order valence-electron chi connectivity index (χ3n) is 9.32. The third-order valence-corrected chi connectivity index (χ3v) is 9.32. The van der Waals surface area contributed by atoms with E-state index in [4.69, 9.17) is 6.42 Å². The van der Waals surface area contributed by atoms with Crippen molar-refractivity contribution in [2.24, 2.45) is 11.3 Å². The number of aryl methyl sites for hydroxylation is 1. The molecule has 11 heteroatoms. The molecule has 2 aromatic heterocycles. The largest absolute Gasteiger partial charge is 0.383 e. The molecule has 1 aliphatic heterocycles. The van der Waals surface area contributed by atoms with Crippen LogP contribution in [-0.4, -0.2) is 33.5 Å². The summed E-state index contributed by atoms with van der Waals surface area (Å²) in [4.78, 5) is 8.51. The standard InChI is InChI=1S/C31H29F3N8/c1-3-19-14-36-27-20(13-35)8-21(9-23(27)26(19)37-16-30-10-18(11-30)12-30)39-28(22-4-5-25(32)38-17(22)2)24-15-42(41-40-24)31(6-7-31)29(33)34/h1,4-5,8-9,14-15,18,28-29,39-41H,6-7,10-12,16H2,2H3,(H,36,37)/t18?,28-,30?/m0/s1. The summed E-state index contributed by atoms with van der Waals surface area (Å²) in [6.07, 6.45) is 10.9. The van der Waals surface area contributed by atoms with Gasteiger partial charge < -0.3 is 16.1 Å². The minimum absolute atomic E-state index is 0.314. The van der Waals surface area contributed by atoms with Crippen LogP contribution in [0.3, 0.4) is 0 Å². The van der Waals surface area contributed by atoms with Crippen LogP contribution in [0.25, 0.3) is 10.9 Å². The summed E-state index contributed by atoms with van der Waals surface area (Å²) >= 11 is 0. The number of nitriles is 1. The Labute approximate surface area is 241 Å². The molecule has 4 aliphatic carbocycles. The third kappa shape index (κ3) is 4.19. The number of fused-ring (bicyclic) bond motifs is 1. The van der Waals surface area contributed by atoms with Gasteiger partial charge in [0.05, 0.1) is 34.1 Å². The molecule has 0 radical (unpaired) electrons. The first-order valence-electron chi connectivity index (χ1n) is 14.0. The topological polar surface area (TPSA) is 101 Å². The predicted octanol–water partition coefficient (Wildman–Crippen LogP) is 5.26. The monoisotopic (exact) mass is 570 g/mol. The first-order valence-corrected chi connectivity index (χ1v) is 14.0. The summed E-state index contributed by atoms with van der Waals surface area (Å²) in [7, 11) is 0. The zero-order valence-corrected chi connectivity index (χ0v) is 22.9. The second kappa shape index (κ2) is 9.53. The van der Waals surface area contributed by atoms with E-state index in [1.54, 1.807) is 31.5 Å². The fourth-order valence-electron chi connectivity index (χ4n) is 6.66. The average Bonchev–Trinajstić information content (AvgIpc) is 3.60. The molecule has 0 unspecified atom stereocenters. The van der Waals surface area contributed by atoms with Crippen LogP contribution in [0.2, 0.25) is 0 Å². The number of rotatable bonds is 9. The molecule has 4 saturated carbocycles. The number of hydrogen-bond donors (Lipinski definition) is 4. The maximum atomic E-state index is 14.0. The predicted molar refractivity (Wildman–Crippen MR) is 152 cm³/mol. The van der Waals surface area contributed by atoms with Crippen molar-refractivity contribution in [3.05, 3.63) is 70.7 Å². The van der Waals surface area contributed by atoms with Crippen molar-refractivity contribution in [1.29, 1.82) is 5.26 Å². The minimum Gasteiger partial charge on any atom is -0.383 e. The van der Waals surface area contributed by atoms with Crippen molar-refractivity contribution >= 4 is 22.3 Å². The molecular formula is C31H29F3N8. The van der Waals surface area contributed by atoms with Crippen LogP contribution in [0.4, 0.5) is 24.5 Å². The molecule has 1 atom stereocenters. The van der Waals surface area contributed by atoms with Gasteiger partial charge in [0, 0.05) is 41.3 Å². The van der Waals surface area contributed by atoms with Crippen LogP contribution in [0.1, 0.15) is 60.5 Å². The van der Waals surface area contributed by atoms with Gasteiger partial charge in [-0.05, 0) is 68.6 Å². The molecule has 1 aromatic carbocycles. The lowest BCUT2D eigenvalue weighted by molar-refractivity contribution is -0.0929. The average molecular weight is 571 g/mol. The van der Waals surface area contributed by atoms with Crippen LogP contribution in [0, 0.1) is 47.9 Å². The van der Waals surface area contributed by atoms with Gasteiger partial charge in [-0.2, -0.15) is 9.65 Å². The molecule has 4 fully saturated rings. The summed E-state index contributed by atoms with van der Waals surface area (Å²) in [6, 6.07) is 8.05. The van der Waals surface area contributed by atoms with Crippen molar-refractivity contribution in [3.8, 4) is 18.4 Å². The van der Waals surface area contributed by atoms with Gasteiger partial charge >= 0.3 is 0 Å². The smallest absolute Gasteiger partial charge is 0.262 e. The van der Waals surface area contributed by atoms with Gasteiger partial charge in [-0.1, -0.05) is 12.0 Å². The van der Waals surface area contributed by atoms with Crippen molar-refractivity contribution in [3.63, 3.8) is 0 Å². The number of nitrogens with one attached hydrogen (secondary N) is 4. The number of nitrogens with zero attached hydrogens (tertiary/aromatic N) is 4. The Hall–Kier alpha value is -4.48. The fraction of sp³-hybridized carbons (Fsp3) is 0.387. The van der Waals surface area contributed by atoms with Gasteiger partial charge in [0.15, 0.2) is 0 Å². The number of benzene rings is 1. The number of hydrazine groups is 2.